The third kappa shape index (κ3) is 2.78. The number of carbonyl (C=O) groups excluding carboxylic acids is 3. The number of hydrogen-bond acceptors (Lipinski definition) is 5. The van der Waals surface area contributed by atoms with Gasteiger partial charge in [-0.25, -0.2) is 4.90 Å². The summed E-state index contributed by atoms with van der Waals surface area (Å²) in [5, 5.41) is 6.31. The number of ketones is 1. The summed E-state index contributed by atoms with van der Waals surface area (Å²) in [7, 11) is 0. The summed E-state index contributed by atoms with van der Waals surface area (Å²) in [5.41, 5.74) is 3.71. The van der Waals surface area contributed by atoms with Crippen LogP contribution >= 0.6 is 0 Å². The Bertz CT molecular complexity index is 1190. The number of imide groups is 1. The van der Waals surface area contributed by atoms with Gasteiger partial charge >= 0.3 is 0 Å². The number of hydrazone groups is 1. The molecule has 3 aliphatic rings. The molecule has 32 heavy (non-hydrogen) atoms. The number of Topliss-reactive ketones (excluding diaryl/α,β-unsaturated/α-hetero) is 1. The Balaban J connectivity index is 1.68. The zero-order valence-electron chi connectivity index (χ0n) is 19.0. The molecular formula is C26H27N3O3. The second-order valence-corrected chi connectivity index (χ2v) is 10.1. The van der Waals surface area contributed by atoms with Gasteiger partial charge in [0.1, 0.15) is 6.04 Å². The molecule has 164 valence electrons. The fourth-order valence-corrected chi connectivity index (χ4v) is 5.41. The van der Waals surface area contributed by atoms with E-state index >= 15 is 0 Å². The SMILES string of the molecule is Cc1ccc(N2C(=O)[C@@H]3[C@H](C2=O)[C@H](C(=O)C(C)(C)C)N2N=Cc4ccccc4[C@@H]32)c(C)c1. The van der Waals surface area contributed by atoms with Gasteiger partial charge in [0.05, 0.1) is 29.8 Å². The smallest absolute Gasteiger partial charge is 0.240 e. The van der Waals surface area contributed by atoms with Crippen molar-refractivity contribution in [1.82, 2.24) is 5.01 Å². The lowest BCUT2D eigenvalue weighted by atomic mass is 9.79. The summed E-state index contributed by atoms with van der Waals surface area (Å²) in [6, 6.07) is 12.3. The van der Waals surface area contributed by atoms with E-state index in [9.17, 15) is 14.4 Å². The van der Waals surface area contributed by atoms with Gasteiger partial charge in [-0.15, -0.1) is 0 Å². The zero-order chi connectivity index (χ0) is 22.9. The van der Waals surface area contributed by atoms with Gasteiger partial charge in [0.25, 0.3) is 0 Å². The molecule has 3 heterocycles. The lowest BCUT2D eigenvalue weighted by Gasteiger charge is -2.35. The van der Waals surface area contributed by atoms with Crippen LogP contribution in [0.25, 0.3) is 0 Å². The molecule has 2 amide bonds. The number of carbonyl (C=O) groups is 3. The molecule has 4 atom stereocenters. The van der Waals surface area contributed by atoms with Crippen LogP contribution in [0.15, 0.2) is 47.6 Å². The molecule has 0 aromatic heterocycles. The quantitative estimate of drug-likeness (QED) is 0.681. The highest BCUT2D eigenvalue weighted by atomic mass is 16.2. The van der Waals surface area contributed by atoms with Crippen molar-refractivity contribution in [1.29, 1.82) is 0 Å². The first kappa shape index (κ1) is 20.6. The molecule has 0 unspecified atom stereocenters. The Morgan fingerprint density at radius 2 is 1.66 bits per heavy atom. The van der Waals surface area contributed by atoms with Gasteiger partial charge in [0.15, 0.2) is 5.78 Å². The number of rotatable bonds is 2. The molecule has 0 bridgehead atoms. The van der Waals surface area contributed by atoms with Crippen molar-refractivity contribution in [2.24, 2.45) is 22.4 Å². The number of aryl methyl sites for hydroxylation is 2. The van der Waals surface area contributed by atoms with Crippen LogP contribution in [-0.2, 0) is 14.4 Å². The van der Waals surface area contributed by atoms with Gasteiger partial charge in [0, 0.05) is 5.41 Å². The van der Waals surface area contributed by atoms with Crippen molar-refractivity contribution in [3.05, 3.63) is 64.7 Å². The van der Waals surface area contributed by atoms with Crippen molar-refractivity contribution in [3.63, 3.8) is 0 Å². The average molecular weight is 430 g/mol. The highest BCUT2D eigenvalue weighted by Crippen LogP contribution is 2.53. The van der Waals surface area contributed by atoms with Gasteiger partial charge < -0.3 is 0 Å². The van der Waals surface area contributed by atoms with Gasteiger partial charge in [-0.1, -0.05) is 62.7 Å². The van der Waals surface area contributed by atoms with Crippen molar-refractivity contribution in [2.75, 3.05) is 4.90 Å². The predicted molar refractivity (Wildman–Crippen MR) is 122 cm³/mol. The third-order valence-corrected chi connectivity index (χ3v) is 6.89. The molecule has 3 aliphatic heterocycles. The molecule has 2 aromatic carbocycles. The molecule has 5 rings (SSSR count). The highest BCUT2D eigenvalue weighted by Gasteiger charge is 2.66. The van der Waals surface area contributed by atoms with Crippen LogP contribution in [-0.4, -0.2) is 34.9 Å². The maximum absolute atomic E-state index is 13.8. The van der Waals surface area contributed by atoms with E-state index in [0.29, 0.717) is 5.69 Å². The fraction of sp³-hybridized carbons (Fsp3) is 0.385. The summed E-state index contributed by atoms with van der Waals surface area (Å²) >= 11 is 0. The molecule has 2 fully saturated rings. The second kappa shape index (κ2) is 6.86. The molecule has 6 nitrogen and oxygen atoms in total. The number of fused-ring (bicyclic) bond motifs is 5. The molecule has 0 N–H and O–H groups in total. The summed E-state index contributed by atoms with van der Waals surface area (Å²) < 4.78 is 0. The number of amides is 2. The third-order valence-electron chi connectivity index (χ3n) is 6.89. The van der Waals surface area contributed by atoms with E-state index in [1.807, 2.05) is 77.1 Å². The molecule has 0 spiro atoms. The Morgan fingerprint density at radius 1 is 0.969 bits per heavy atom. The van der Waals surface area contributed by atoms with Crippen LogP contribution in [0.2, 0.25) is 0 Å². The molecular weight excluding hydrogens is 402 g/mol. The van der Waals surface area contributed by atoms with Crippen molar-refractivity contribution < 1.29 is 14.4 Å². The first-order valence-electron chi connectivity index (χ1n) is 11.0. The van der Waals surface area contributed by atoms with Gasteiger partial charge in [-0.3, -0.25) is 19.4 Å². The van der Waals surface area contributed by atoms with Crippen molar-refractivity contribution in [3.8, 4) is 0 Å². The molecule has 2 saturated heterocycles. The van der Waals surface area contributed by atoms with Crippen LogP contribution in [0.4, 0.5) is 5.69 Å². The predicted octanol–water partition coefficient (Wildman–Crippen LogP) is 3.80. The monoisotopic (exact) mass is 429 g/mol. The minimum Gasteiger partial charge on any atom is -0.297 e. The van der Waals surface area contributed by atoms with E-state index in [0.717, 1.165) is 22.3 Å². The molecule has 2 aromatic rings. The minimum atomic E-state index is -0.776. The average Bonchev–Trinajstić information content (AvgIpc) is 3.20. The lowest BCUT2D eigenvalue weighted by molar-refractivity contribution is -0.136. The lowest BCUT2D eigenvalue weighted by Crippen LogP contribution is -2.48. The van der Waals surface area contributed by atoms with Crippen LogP contribution in [0.3, 0.4) is 0 Å². The van der Waals surface area contributed by atoms with Crippen LogP contribution in [0.5, 0.6) is 0 Å². The van der Waals surface area contributed by atoms with E-state index in [1.54, 1.807) is 11.2 Å². The topological polar surface area (TPSA) is 70.1 Å². The van der Waals surface area contributed by atoms with Crippen molar-refractivity contribution >= 4 is 29.5 Å². The maximum Gasteiger partial charge on any atom is 0.240 e. The standard InChI is InChI=1S/C26H27N3O3/c1-14-10-11-18(15(2)12-14)28-24(31)19-20(25(28)32)22(23(30)26(3,4)5)29-21(19)17-9-7-6-8-16(17)13-27-29/h6-13,19-22H,1-5H3/t19-,20+,21+,22-/m1/s1. The Labute approximate surface area is 187 Å². The van der Waals surface area contributed by atoms with E-state index in [1.165, 1.54) is 4.90 Å². The Kier molecular flexibility index (Phi) is 4.42. The molecule has 6 heteroatoms. The minimum absolute atomic E-state index is 0.0739. The van der Waals surface area contributed by atoms with Gasteiger partial charge in [-0.2, -0.15) is 5.10 Å². The van der Waals surface area contributed by atoms with E-state index in [2.05, 4.69) is 5.10 Å². The summed E-state index contributed by atoms with van der Waals surface area (Å²) in [5.74, 6) is -2.05. The summed E-state index contributed by atoms with van der Waals surface area (Å²) in [6.07, 6.45) is 1.73. The van der Waals surface area contributed by atoms with Crippen LogP contribution in [0.1, 0.15) is 49.1 Å². The number of hydrogen-bond donors (Lipinski definition) is 0. The summed E-state index contributed by atoms with van der Waals surface area (Å²) in [6.45, 7) is 9.43. The summed E-state index contributed by atoms with van der Waals surface area (Å²) in [4.78, 5) is 42.5. The Hall–Kier alpha value is -3.28. The molecule has 0 radical (unpaired) electrons. The first-order valence-corrected chi connectivity index (χ1v) is 11.0. The fourth-order valence-electron chi connectivity index (χ4n) is 5.41. The van der Waals surface area contributed by atoms with Gasteiger partial charge in [0.2, 0.25) is 11.8 Å². The normalized spacial score (nSPS) is 26.3. The number of nitrogens with zero attached hydrogens (tertiary/aromatic N) is 3. The number of benzene rings is 2. The van der Waals surface area contributed by atoms with Crippen LogP contribution in [0, 0.1) is 31.1 Å². The number of anilines is 1. The Morgan fingerprint density at radius 3 is 2.34 bits per heavy atom. The zero-order valence-corrected chi connectivity index (χ0v) is 19.0. The molecule has 0 aliphatic carbocycles. The van der Waals surface area contributed by atoms with E-state index < -0.39 is 29.3 Å². The molecule has 0 saturated carbocycles. The second-order valence-electron chi connectivity index (χ2n) is 10.1. The first-order chi connectivity index (χ1) is 15.1. The largest absolute Gasteiger partial charge is 0.297 e. The van der Waals surface area contributed by atoms with E-state index in [-0.39, 0.29) is 17.6 Å². The van der Waals surface area contributed by atoms with Crippen molar-refractivity contribution in [2.45, 2.75) is 46.7 Å². The van der Waals surface area contributed by atoms with Crippen LogP contribution < -0.4 is 4.90 Å². The van der Waals surface area contributed by atoms with E-state index in [4.69, 9.17) is 0 Å². The highest BCUT2D eigenvalue weighted by molar-refractivity contribution is 6.24. The maximum atomic E-state index is 13.8. The van der Waals surface area contributed by atoms with Gasteiger partial charge in [-0.05, 0) is 36.6 Å².